The van der Waals surface area contributed by atoms with Gasteiger partial charge in [0.15, 0.2) is 11.5 Å². The Kier molecular flexibility index (Phi) is 3.55. The Morgan fingerprint density at radius 3 is 2.77 bits per heavy atom. The minimum absolute atomic E-state index is 0.0954. The van der Waals surface area contributed by atoms with Crippen molar-refractivity contribution >= 4 is 5.91 Å². The standard InChI is InChI=1S/C21H27NO4/c1-20(2,13-5-6-15-16(11-13)26-12-25-15)19(23)22-17-14-7-10-24-18(14)21(17)8-3-4-9-21/h5-6,11,14,17-18H,3-4,7-10,12H2,1-2H3,(H,22,23). The fourth-order valence-corrected chi connectivity index (χ4v) is 5.64. The number of rotatable bonds is 3. The van der Waals surface area contributed by atoms with E-state index in [1.165, 1.54) is 25.7 Å². The molecule has 4 aliphatic rings. The van der Waals surface area contributed by atoms with Crippen LogP contribution < -0.4 is 14.8 Å². The van der Waals surface area contributed by atoms with Gasteiger partial charge in [-0.15, -0.1) is 0 Å². The fraction of sp³-hybridized carbons (Fsp3) is 0.667. The van der Waals surface area contributed by atoms with E-state index in [2.05, 4.69) is 5.32 Å². The predicted octanol–water partition coefficient (Wildman–Crippen LogP) is 3.16. The van der Waals surface area contributed by atoms with Crippen molar-refractivity contribution in [2.75, 3.05) is 13.4 Å². The summed E-state index contributed by atoms with van der Waals surface area (Å²) in [5.41, 5.74) is 0.519. The molecule has 5 nitrogen and oxygen atoms in total. The number of hydrogen-bond donors (Lipinski definition) is 1. The lowest BCUT2D eigenvalue weighted by Gasteiger charge is -2.57. The number of amides is 1. The Labute approximate surface area is 154 Å². The minimum Gasteiger partial charge on any atom is -0.454 e. The van der Waals surface area contributed by atoms with Crippen LogP contribution in [0, 0.1) is 11.3 Å². The fourth-order valence-electron chi connectivity index (χ4n) is 5.64. The molecule has 2 aliphatic heterocycles. The lowest BCUT2D eigenvalue weighted by atomic mass is 9.54. The molecular weight excluding hydrogens is 330 g/mol. The van der Waals surface area contributed by atoms with Crippen LogP contribution in [0.4, 0.5) is 0 Å². The molecule has 1 saturated heterocycles. The summed E-state index contributed by atoms with van der Waals surface area (Å²) in [6.07, 6.45) is 6.31. The number of hydrogen-bond acceptors (Lipinski definition) is 4. The van der Waals surface area contributed by atoms with E-state index in [1.807, 2.05) is 32.0 Å². The van der Waals surface area contributed by atoms with E-state index in [9.17, 15) is 4.79 Å². The summed E-state index contributed by atoms with van der Waals surface area (Å²) in [5, 5.41) is 3.44. The van der Waals surface area contributed by atoms with Crippen LogP contribution in [0.15, 0.2) is 18.2 Å². The Morgan fingerprint density at radius 2 is 1.96 bits per heavy atom. The molecule has 0 aromatic heterocycles. The van der Waals surface area contributed by atoms with Gasteiger partial charge in [0.25, 0.3) is 0 Å². The second-order valence-corrected chi connectivity index (χ2v) is 8.83. The van der Waals surface area contributed by atoms with Crippen molar-refractivity contribution in [1.82, 2.24) is 5.32 Å². The molecule has 5 rings (SSSR count). The third kappa shape index (κ3) is 2.16. The molecule has 2 aliphatic carbocycles. The predicted molar refractivity (Wildman–Crippen MR) is 96.3 cm³/mol. The Hall–Kier alpha value is -1.75. The third-order valence-corrected chi connectivity index (χ3v) is 7.23. The van der Waals surface area contributed by atoms with Crippen molar-refractivity contribution < 1.29 is 19.0 Å². The van der Waals surface area contributed by atoms with Gasteiger partial charge in [0.2, 0.25) is 12.7 Å². The van der Waals surface area contributed by atoms with Gasteiger partial charge >= 0.3 is 0 Å². The molecule has 1 N–H and O–H groups in total. The Bertz CT molecular complexity index is 738. The molecule has 0 bridgehead atoms. The van der Waals surface area contributed by atoms with Gasteiger partial charge in [0.1, 0.15) is 0 Å². The average molecular weight is 357 g/mol. The van der Waals surface area contributed by atoms with E-state index in [1.54, 1.807) is 0 Å². The number of carbonyl (C=O) groups is 1. The van der Waals surface area contributed by atoms with Crippen molar-refractivity contribution in [3.8, 4) is 11.5 Å². The average Bonchev–Trinajstić information content (AvgIpc) is 3.37. The first-order valence-electron chi connectivity index (χ1n) is 9.85. The zero-order valence-electron chi connectivity index (χ0n) is 15.5. The van der Waals surface area contributed by atoms with Gasteiger partial charge in [-0.05, 0) is 50.8 Å². The van der Waals surface area contributed by atoms with Gasteiger partial charge in [0.05, 0.1) is 11.5 Å². The normalized spacial score (nSPS) is 30.9. The molecule has 2 heterocycles. The first-order valence-corrected chi connectivity index (χ1v) is 9.85. The van der Waals surface area contributed by atoms with Crippen molar-refractivity contribution in [2.24, 2.45) is 11.3 Å². The van der Waals surface area contributed by atoms with Crippen molar-refractivity contribution in [1.29, 1.82) is 0 Å². The molecule has 26 heavy (non-hydrogen) atoms. The molecule has 1 spiro atoms. The SMILES string of the molecule is CC(C)(C(=O)NC1C2CCOC2C12CCCC2)c1ccc2c(c1)OCO2. The van der Waals surface area contributed by atoms with Crippen LogP contribution in [0.25, 0.3) is 0 Å². The highest BCUT2D eigenvalue weighted by molar-refractivity contribution is 5.88. The Morgan fingerprint density at radius 1 is 1.19 bits per heavy atom. The summed E-state index contributed by atoms with van der Waals surface area (Å²) < 4.78 is 16.9. The van der Waals surface area contributed by atoms with Crippen molar-refractivity contribution in [3.63, 3.8) is 0 Å². The smallest absolute Gasteiger partial charge is 0.231 e. The molecule has 3 unspecified atom stereocenters. The third-order valence-electron chi connectivity index (χ3n) is 7.23. The molecule has 1 aromatic carbocycles. The van der Waals surface area contributed by atoms with Crippen LogP contribution in [0.1, 0.15) is 51.5 Å². The molecule has 3 fully saturated rings. The van der Waals surface area contributed by atoms with Gasteiger partial charge < -0.3 is 19.5 Å². The van der Waals surface area contributed by atoms with Crippen LogP contribution in [0.2, 0.25) is 0 Å². The lowest BCUT2D eigenvalue weighted by Crippen LogP contribution is -2.69. The van der Waals surface area contributed by atoms with Crippen molar-refractivity contribution in [2.45, 2.75) is 63.5 Å². The first-order chi connectivity index (χ1) is 12.5. The zero-order valence-corrected chi connectivity index (χ0v) is 15.5. The maximum Gasteiger partial charge on any atom is 0.231 e. The highest BCUT2D eigenvalue weighted by Gasteiger charge is 2.65. The van der Waals surface area contributed by atoms with E-state index in [0.29, 0.717) is 12.0 Å². The molecular formula is C21H27NO4. The number of carbonyl (C=O) groups excluding carboxylic acids is 1. The van der Waals surface area contributed by atoms with Gasteiger partial charge in [-0.25, -0.2) is 0 Å². The van der Waals surface area contributed by atoms with E-state index in [0.717, 1.165) is 30.1 Å². The maximum atomic E-state index is 13.3. The van der Waals surface area contributed by atoms with Gasteiger partial charge in [-0.2, -0.15) is 0 Å². The second kappa shape index (κ2) is 5.62. The molecule has 1 amide bonds. The Balaban J connectivity index is 1.37. The van der Waals surface area contributed by atoms with Crippen LogP contribution in [0.5, 0.6) is 11.5 Å². The summed E-state index contributed by atoms with van der Waals surface area (Å²) in [6.45, 7) is 5.07. The summed E-state index contributed by atoms with van der Waals surface area (Å²) in [5.74, 6) is 2.06. The number of benzene rings is 1. The largest absolute Gasteiger partial charge is 0.454 e. The van der Waals surface area contributed by atoms with Gasteiger partial charge in [-0.3, -0.25) is 4.79 Å². The molecule has 140 valence electrons. The summed E-state index contributed by atoms with van der Waals surface area (Å²) in [7, 11) is 0. The summed E-state index contributed by atoms with van der Waals surface area (Å²) in [6, 6.07) is 6.07. The topological polar surface area (TPSA) is 56.8 Å². The number of ether oxygens (including phenoxy) is 3. The van der Waals surface area contributed by atoms with E-state index >= 15 is 0 Å². The van der Waals surface area contributed by atoms with Crippen LogP contribution in [-0.2, 0) is 14.9 Å². The summed E-state index contributed by atoms with van der Waals surface area (Å²) >= 11 is 0. The van der Waals surface area contributed by atoms with Gasteiger partial charge in [0, 0.05) is 24.0 Å². The molecule has 0 radical (unpaired) electrons. The molecule has 3 atom stereocenters. The number of fused-ring (bicyclic) bond motifs is 3. The van der Waals surface area contributed by atoms with Crippen LogP contribution in [-0.4, -0.2) is 31.5 Å². The van der Waals surface area contributed by atoms with E-state index in [-0.39, 0.29) is 24.2 Å². The van der Waals surface area contributed by atoms with Gasteiger partial charge in [-0.1, -0.05) is 18.9 Å². The lowest BCUT2D eigenvalue weighted by molar-refractivity contribution is -0.148. The minimum atomic E-state index is -0.620. The highest BCUT2D eigenvalue weighted by Crippen LogP contribution is 2.60. The zero-order chi connectivity index (χ0) is 17.9. The first kappa shape index (κ1) is 16.4. The molecule has 2 saturated carbocycles. The van der Waals surface area contributed by atoms with E-state index < -0.39 is 5.41 Å². The number of nitrogens with one attached hydrogen (secondary N) is 1. The molecule has 1 aromatic rings. The quantitative estimate of drug-likeness (QED) is 0.903. The summed E-state index contributed by atoms with van der Waals surface area (Å²) in [4.78, 5) is 13.3. The monoisotopic (exact) mass is 357 g/mol. The highest BCUT2D eigenvalue weighted by atomic mass is 16.7. The molecule has 5 heteroatoms. The van der Waals surface area contributed by atoms with Crippen molar-refractivity contribution in [3.05, 3.63) is 23.8 Å². The maximum absolute atomic E-state index is 13.3. The van der Waals surface area contributed by atoms with Crippen LogP contribution in [0.3, 0.4) is 0 Å². The second-order valence-electron chi connectivity index (χ2n) is 8.83. The van der Waals surface area contributed by atoms with Crippen LogP contribution >= 0.6 is 0 Å². The van der Waals surface area contributed by atoms with E-state index in [4.69, 9.17) is 14.2 Å².